The van der Waals surface area contributed by atoms with Crippen LogP contribution in [0, 0.1) is 0 Å². The van der Waals surface area contributed by atoms with E-state index in [0.29, 0.717) is 11.1 Å². The summed E-state index contributed by atoms with van der Waals surface area (Å²) in [6.45, 7) is 0. The Morgan fingerprint density at radius 2 is 0.369 bits per heavy atom. The zero-order valence-electron chi connectivity index (χ0n) is 45.5. The van der Waals surface area contributed by atoms with Gasteiger partial charge in [-0.3, -0.25) is 14.5 Å². The first-order chi connectivity index (χ1) is 41.5. The van der Waals surface area contributed by atoms with Crippen LogP contribution in [0.5, 0.6) is 0 Å². The SMILES string of the molecule is CN1C(=O)c2c(c(-c3ccccc3)c3c(c2-c2ccccc2)-c2ccc4c5ccc6c7ccc8c9c(ccc(c%10ccc(c%11ccc-3c2c4%11)c5c6%10)c97)-c2c(-c3ccccc3)c(-c3ccccc3)c(-c3ccccc3)c(-c3ccccc3)c2-8)C1=O. The lowest BCUT2D eigenvalue weighted by molar-refractivity contribution is 0.0693. The van der Waals surface area contributed by atoms with Crippen LogP contribution >= 0.6 is 0 Å². The Labute approximate surface area is 483 Å². The minimum atomic E-state index is -0.271. The van der Waals surface area contributed by atoms with Crippen LogP contribution in [0.4, 0.5) is 0 Å². The van der Waals surface area contributed by atoms with Crippen molar-refractivity contribution >= 4 is 87.2 Å². The molecule has 0 saturated heterocycles. The normalized spacial score (nSPS) is 13.1. The molecule has 0 spiro atoms. The van der Waals surface area contributed by atoms with E-state index in [2.05, 4.69) is 218 Å². The number of imide groups is 1. The fourth-order valence-electron chi connectivity index (χ4n) is 15.9. The van der Waals surface area contributed by atoms with Gasteiger partial charge in [0.1, 0.15) is 0 Å². The van der Waals surface area contributed by atoms with Gasteiger partial charge in [0.25, 0.3) is 11.8 Å². The first-order valence-corrected chi connectivity index (χ1v) is 29.0. The number of hydrogen-bond donors (Lipinski definition) is 0. The summed E-state index contributed by atoms with van der Waals surface area (Å²) in [5.74, 6) is -0.542. The molecule has 0 fully saturated rings. The summed E-state index contributed by atoms with van der Waals surface area (Å²) in [7, 11) is 1.61. The summed E-state index contributed by atoms with van der Waals surface area (Å²) >= 11 is 0. The van der Waals surface area contributed by atoms with Gasteiger partial charge in [0.05, 0.1) is 11.1 Å². The Bertz CT molecular complexity index is 5260. The summed E-state index contributed by atoms with van der Waals surface area (Å²) < 4.78 is 0. The third-order valence-electron chi connectivity index (χ3n) is 19.1. The molecule has 0 unspecified atom stereocenters. The van der Waals surface area contributed by atoms with Crippen LogP contribution in [0.25, 0.3) is 187 Å². The Kier molecular flexibility index (Phi) is 9.01. The van der Waals surface area contributed by atoms with E-state index in [4.69, 9.17) is 0 Å². The highest BCUT2D eigenvalue weighted by molar-refractivity contribution is 6.46. The van der Waals surface area contributed by atoms with Crippen LogP contribution in [-0.2, 0) is 0 Å². The number of nitrogens with zero attached hydrogens (tertiary/aromatic N) is 1. The zero-order valence-corrected chi connectivity index (χ0v) is 45.5. The summed E-state index contributed by atoms with van der Waals surface area (Å²) in [5, 5.41) is 17.3. The Morgan fingerprint density at radius 1 is 0.190 bits per heavy atom. The fraction of sp³-hybridized carbons (Fsp3) is 0.0123. The molecular weight excluding hydrogens is 1020 g/mol. The molecule has 16 aromatic rings. The Balaban J connectivity index is 0.909. The topological polar surface area (TPSA) is 37.4 Å². The standard InChI is InChI=1S/C81H45NO2/c1-82-80(83)78-66(48-28-16-6-17-29-48)76-60-42-38-56-52-34-32-50-54-36-40-58-72-59(75-65(47-26-14-5-15-27-47)63(45-22-10-3-11-23-45)62(44-20-8-2-9-21-44)64(74(58)75)46-24-12-4-13-25-46)41-37-55(70(54)72)51-33-35-53(69(52)68(50)51)57-39-43-61(73(60)71(56)57)77(76)67(79(78)81(82)84)49-30-18-7-19-31-49/h2-43H,1H3. The molecule has 0 radical (unpaired) electrons. The van der Waals surface area contributed by atoms with Gasteiger partial charge in [-0.05, 0) is 176 Å². The van der Waals surface area contributed by atoms with Crippen molar-refractivity contribution in [2.45, 2.75) is 0 Å². The van der Waals surface area contributed by atoms with Crippen molar-refractivity contribution in [3.63, 3.8) is 0 Å². The smallest absolute Gasteiger partial charge is 0.261 e. The molecule has 0 atom stereocenters. The maximum Gasteiger partial charge on any atom is 0.261 e. The molecule has 2 aliphatic carbocycles. The molecule has 2 amide bonds. The number of hydrogen-bond acceptors (Lipinski definition) is 2. The fourth-order valence-corrected chi connectivity index (χ4v) is 15.9. The molecule has 16 aromatic carbocycles. The van der Waals surface area contributed by atoms with E-state index in [0.717, 1.165) is 49.9 Å². The van der Waals surface area contributed by atoms with Gasteiger partial charge in [-0.25, -0.2) is 0 Å². The Hall–Kier alpha value is -11.0. The number of amides is 2. The van der Waals surface area contributed by atoms with Crippen molar-refractivity contribution in [1.82, 2.24) is 4.90 Å². The second kappa shape index (κ2) is 16.6. The van der Waals surface area contributed by atoms with Gasteiger partial charge >= 0.3 is 0 Å². The van der Waals surface area contributed by atoms with E-state index >= 15 is 0 Å². The third kappa shape index (κ3) is 5.70. The van der Waals surface area contributed by atoms with Crippen molar-refractivity contribution in [2.75, 3.05) is 7.05 Å². The molecule has 0 N–H and O–H groups in total. The van der Waals surface area contributed by atoms with Gasteiger partial charge in [-0.2, -0.15) is 0 Å². The minimum Gasteiger partial charge on any atom is -0.277 e. The number of carbonyl (C=O) groups is 2. The maximum absolute atomic E-state index is 14.6. The summed E-state index contributed by atoms with van der Waals surface area (Å²) in [6, 6.07) is 93.1. The van der Waals surface area contributed by atoms with Crippen molar-refractivity contribution < 1.29 is 9.59 Å². The first-order valence-electron chi connectivity index (χ1n) is 29.0. The molecule has 3 heteroatoms. The summed E-state index contributed by atoms with van der Waals surface area (Å²) in [6.07, 6.45) is 0. The number of benzene rings is 16. The van der Waals surface area contributed by atoms with Crippen LogP contribution in [0.1, 0.15) is 20.7 Å². The van der Waals surface area contributed by atoms with E-state index in [-0.39, 0.29) is 11.8 Å². The number of fused-ring (bicyclic) bond motifs is 11. The molecule has 0 aromatic heterocycles. The van der Waals surface area contributed by atoms with Gasteiger partial charge < -0.3 is 0 Å². The zero-order chi connectivity index (χ0) is 55.2. The van der Waals surface area contributed by atoms with Gasteiger partial charge in [0, 0.05) is 18.2 Å². The Morgan fingerprint density at radius 3 is 0.595 bits per heavy atom. The second-order valence-electron chi connectivity index (χ2n) is 23.1. The van der Waals surface area contributed by atoms with Gasteiger partial charge in [-0.1, -0.05) is 255 Å². The molecule has 0 saturated carbocycles. The second-order valence-corrected chi connectivity index (χ2v) is 23.1. The van der Waals surface area contributed by atoms with Crippen LogP contribution in [-0.4, -0.2) is 23.8 Å². The highest BCUT2D eigenvalue weighted by atomic mass is 16.2. The lowest BCUT2D eigenvalue weighted by Gasteiger charge is -2.26. The highest BCUT2D eigenvalue weighted by Gasteiger charge is 2.44. The lowest BCUT2D eigenvalue weighted by atomic mass is 9.76. The molecule has 84 heavy (non-hydrogen) atoms. The molecule has 19 rings (SSSR count). The average Bonchev–Trinajstić information content (AvgIpc) is 1.44. The largest absolute Gasteiger partial charge is 0.277 e. The first kappa shape index (κ1) is 45.7. The van der Waals surface area contributed by atoms with Gasteiger partial charge in [0.15, 0.2) is 0 Å². The summed E-state index contributed by atoms with van der Waals surface area (Å²) in [5.41, 5.74) is 23.4. The van der Waals surface area contributed by atoms with E-state index in [1.54, 1.807) is 7.05 Å². The quantitative estimate of drug-likeness (QED) is 0.0945. The molecule has 1 heterocycles. The van der Waals surface area contributed by atoms with Crippen LogP contribution in [0.2, 0.25) is 0 Å². The molecule has 3 aliphatic rings. The van der Waals surface area contributed by atoms with Crippen LogP contribution in [0.15, 0.2) is 255 Å². The minimum absolute atomic E-state index is 0.271. The van der Waals surface area contributed by atoms with Crippen molar-refractivity contribution in [1.29, 1.82) is 0 Å². The monoisotopic (exact) mass is 1060 g/mol. The van der Waals surface area contributed by atoms with Gasteiger partial charge in [0.2, 0.25) is 0 Å². The third-order valence-corrected chi connectivity index (χ3v) is 19.1. The number of rotatable bonds is 6. The molecule has 386 valence electrons. The van der Waals surface area contributed by atoms with Crippen molar-refractivity contribution in [3.8, 4) is 111 Å². The highest BCUT2D eigenvalue weighted by Crippen LogP contribution is 2.64. The average molecular weight is 1060 g/mol. The number of carbonyl (C=O) groups excluding carboxylic acids is 2. The molecular formula is C81H45NO2. The predicted molar refractivity (Wildman–Crippen MR) is 349 cm³/mol. The van der Waals surface area contributed by atoms with Crippen LogP contribution in [0.3, 0.4) is 0 Å². The van der Waals surface area contributed by atoms with Crippen molar-refractivity contribution in [2.24, 2.45) is 0 Å². The molecule has 3 nitrogen and oxygen atoms in total. The predicted octanol–water partition coefficient (Wildman–Crippen LogP) is 21.2. The van der Waals surface area contributed by atoms with E-state index in [1.807, 2.05) is 36.4 Å². The van der Waals surface area contributed by atoms with E-state index < -0.39 is 0 Å². The molecule has 1 aliphatic heterocycles. The summed E-state index contributed by atoms with van der Waals surface area (Å²) in [4.78, 5) is 30.5. The van der Waals surface area contributed by atoms with Crippen molar-refractivity contribution in [3.05, 3.63) is 266 Å². The van der Waals surface area contributed by atoms with E-state index in [9.17, 15) is 9.59 Å². The molecule has 0 bridgehead atoms. The van der Waals surface area contributed by atoms with Crippen LogP contribution < -0.4 is 0 Å². The van der Waals surface area contributed by atoms with E-state index in [1.165, 1.54) is 142 Å². The van der Waals surface area contributed by atoms with Gasteiger partial charge in [-0.15, -0.1) is 0 Å². The maximum atomic E-state index is 14.6. The lowest BCUT2D eigenvalue weighted by Crippen LogP contribution is -2.24.